The van der Waals surface area contributed by atoms with Gasteiger partial charge in [0.1, 0.15) is 0 Å². The van der Waals surface area contributed by atoms with E-state index in [1.165, 1.54) is 139 Å². The number of halogens is 2. The Morgan fingerprint density at radius 1 is 0.608 bits per heavy atom. The first-order chi connectivity index (χ1) is 24.5. The van der Waals surface area contributed by atoms with Crippen molar-refractivity contribution in [1.82, 2.24) is 0 Å². The van der Waals surface area contributed by atoms with Crippen LogP contribution in [-0.2, 0) is 0 Å². The van der Waals surface area contributed by atoms with E-state index < -0.39 is 5.31 Å². The Hall–Kier alpha value is -2.25. The van der Waals surface area contributed by atoms with E-state index in [0.29, 0.717) is 11.3 Å². The maximum absolute atomic E-state index is 8.73. The summed E-state index contributed by atoms with van der Waals surface area (Å²) < 4.78 is 0. The number of aryl methyl sites for hydroxylation is 6. The summed E-state index contributed by atoms with van der Waals surface area (Å²) in [5.41, 5.74) is 15.9. The Morgan fingerprint density at radius 3 is 1.63 bits per heavy atom. The Balaban J connectivity index is 1.55. The van der Waals surface area contributed by atoms with E-state index in [2.05, 4.69) is 112 Å². The van der Waals surface area contributed by atoms with E-state index in [-0.39, 0.29) is 5.66 Å². The standard InChI is InChI=1S/C46H61Cl2N2P/c1-32-26-34(3)44(35(4)27-32)49-31-39(30-38-18-10-7-11-19-38)50(45-36(5)28-33(2)29-37(45)6)46(49)42-24-16-17-25-43(42)51(47,48,40-20-12-8-13-21-40)41-22-14-9-15-23-41/h7,10-11,18-19,26-30,40-41,43H,8-9,12-17,20-25,31H2,1-6H3. The number of nitrogens with zero attached hydrogens (tertiary/aromatic N) is 2. The van der Waals surface area contributed by atoms with Gasteiger partial charge in [-0.25, -0.2) is 0 Å². The Bertz CT molecular complexity index is 1740. The molecule has 3 aromatic rings. The van der Waals surface area contributed by atoms with Crippen molar-refractivity contribution in [3.63, 3.8) is 0 Å². The minimum atomic E-state index is -3.32. The molecule has 1 heterocycles. The zero-order valence-corrected chi connectivity index (χ0v) is 34.6. The molecule has 51 heavy (non-hydrogen) atoms. The third-order valence-corrected chi connectivity index (χ3v) is 23.3. The molecule has 3 aliphatic carbocycles. The van der Waals surface area contributed by atoms with Gasteiger partial charge in [-0.3, -0.25) is 0 Å². The first kappa shape index (κ1) is 37.1. The van der Waals surface area contributed by atoms with Crippen LogP contribution in [0.1, 0.15) is 129 Å². The van der Waals surface area contributed by atoms with Crippen molar-refractivity contribution in [2.24, 2.45) is 0 Å². The van der Waals surface area contributed by atoms with Gasteiger partial charge in [-0.05, 0) is 0 Å². The van der Waals surface area contributed by atoms with Gasteiger partial charge >= 0.3 is 321 Å². The zero-order valence-electron chi connectivity index (χ0n) is 32.2. The summed E-state index contributed by atoms with van der Waals surface area (Å²) in [4.78, 5) is 5.40. The predicted molar refractivity (Wildman–Crippen MR) is 227 cm³/mol. The Morgan fingerprint density at radius 2 is 1.10 bits per heavy atom. The summed E-state index contributed by atoms with van der Waals surface area (Å²) in [6.07, 6.45) is 19.6. The average molecular weight is 744 g/mol. The molecule has 2 nitrogen and oxygen atoms in total. The number of hydrogen-bond donors (Lipinski definition) is 0. The second kappa shape index (κ2) is 14.9. The Labute approximate surface area is 319 Å². The third-order valence-electron chi connectivity index (χ3n) is 13.0. The molecule has 1 unspecified atom stereocenters. The van der Waals surface area contributed by atoms with E-state index in [0.717, 1.165) is 19.4 Å². The molecule has 5 heteroatoms. The van der Waals surface area contributed by atoms with Crippen LogP contribution in [0.5, 0.6) is 0 Å². The van der Waals surface area contributed by atoms with Crippen molar-refractivity contribution in [3.05, 3.63) is 111 Å². The second-order valence-corrected chi connectivity index (χ2v) is 26.1. The maximum atomic E-state index is 8.73. The molecule has 274 valence electrons. The van der Waals surface area contributed by atoms with Crippen LogP contribution in [0, 0.1) is 41.5 Å². The average Bonchev–Trinajstić information content (AvgIpc) is 3.46. The van der Waals surface area contributed by atoms with Gasteiger partial charge in [-0.1, -0.05) is 0 Å². The van der Waals surface area contributed by atoms with Crippen LogP contribution in [0.3, 0.4) is 0 Å². The molecule has 0 spiro atoms. The first-order valence-corrected chi connectivity index (χ1v) is 24.4. The molecule has 0 amide bonds. The minimum absolute atomic E-state index is 0.229. The summed E-state index contributed by atoms with van der Waals surface area (Å²) >= 11 is 17.5. The molecule has 4 aliphatic rings. The molecular weight excluding hydrogens is 682 g/mol. The van der Waals surface area contributed by atoms with Crippen LogP contribution in [0.2, 0.25) is 0 Å². The number of allylic oxidation sites excluding steroid dienone is 1. The van der Waals surface area contributed by atoms with Gasteiger partial charge in [0.15, 0.2) is 0 Å². The third kappa shape index (κ3) is 6.85. The second-order valence-electron chi connectivity index (χ2n) is 16.8. The summed E-state index contributed by atoms with van der Waals surface area (Å²) in [7, 11) is 0. The van der Waals surface area contributed by atoms with Crippen molar-refractivity contribution in [2.45, 2.75) is 148 Å². The quantitative estimate of drug-likeness (QED) is 0.232. The number of anilines is 2. The summed E-state index contributed by atoms with van der Waals surface area (Å²) in [5, 5.41) is -3.32. The number of benzene rings is 3. The molecule has 1 aliphatic heterocycles. The predicted octanol–water partition coefficient (Wildman–Crippen LogP) is 14.6. The fourth-order valence-electron chi connectivity index (χ4n) is 11.0. The monoisotopic (exact) mass is 742 g/mol. The molecule has 1 atom stereocenters. The van der Waals surface area contributed by atoms with E-state index in [4.69, 9.17) is 22.5 Å². The van der Waals surface area contributed by atoms with Crippen LogP contribution in [0.4, 0.5) is 11.4 Å². The van der Waals surface area contributed by atoms with Crippen LogP contribution in [0.15, 0.2) is 71.7 Å². The summed E-state index contributed by atoms with van der Waals surface area (Å²) in [6, 6.07) is 20.4. The van der Waals surface area contributed by atoms with Crippen LogP contribution in [-0.4, -0.2) is 23.5 Å². The zero-order chi connectivity index (χ0) is 35.9. The molecule has 4 fully saturated rings. The van der Waals surface area contributed by atoms with Gasteiger partial charge < -0.3 is 0 Å². The van der Waals surface area contributed by atoms with E-state index in [1.54, 1.807) is 5.57 Å². The van der Waals surface area contributed by atoms with Crippen molar-refractivity contribution >= 4 is 45.2 Å². The molecule has 0 bridgehead atoms. The van der Waals surface area contributed by atoms with Gasteiger partial charge in [-0.2, -0.15) is 0 Å². The van der Waals surface area contributed by atoms with Gasteiger partial charge in [-0.15, -0.1) is 0 Å². The van der Waals surface area contributed by atoms with Crippen molar-refractivity contribution in [1.29, 1.82) is 0 Å². The molecule has 3 aromatic carbocycles. The van der Waals surface area contributed by atoms with E-state index in [9.17, 15) is 0 Å². The fraction of sp³-hybridized carbons (Fsp3) is 0.522. The SMILES string of the molecule is Cc1cc(C)c(N2CC(=Cc3ccccc3)N(c3c(C)cc(C)cc3C)C2=C2CCCCC2P(Cl)(Cl)(C2CCCCC2)C2CCCCC2)c(C)c1. The van der Waals surface area contributed by atoms with Crippen LogP contribution >= 0.6 is 27.8 Å². The summed E-state index contributed by atoms with van der Waals surface area (Å²) in [6.45, 7) is 14.5. The molecule has 0 N–H and O–H groups in total. The number of hydrogen-bond acceptors (Lipinski definition) is 2. The molecule has 7 rings (SSSR count). The molecule has 0 aromatic heterocycles. The van der Waals surface area contributed by atoms with E-state index in [1.807, 2.05) is 0 Å². The van der Waals surface area contributed by atoms with Crippen molar-refractivity contribution < 1.29 is 0 Å². The molecule has 3 saturated carbocycles. The molecule has 0 radical (unpaired) electrons. The van der Waals surface area contributed by atoms with Crippen LogP contribution < -0.4 is 9.80 Å². The van der Waals surface area contributed by atoms with Gasteiger partial charge in [0.25, 0.3) is 0 Å². The van der Waals surface area contributed by atoms with Crippen molar-refractivity contribution in [3.8, 4) is 0 Å². The van der Waals surface area contributed by atoms with Crippen molar-refractivity contribution in [2.75, 3.05) is 16.3 Å². The topological polar surface area (TPSA) is 6.48 Å². The molecular formula is C46H61Cl2N2P. The first-order valence-electron chi connectivity index (χ1n) is 20.1. The van der Waals surface area contributed by atoms with Crippen LogP contribution in [0.25, 0.3) is 6.08 Å². The Kier molecular flexibility index (Phi) is 10.8. The normalized spacial score (nSPS) is 24.3. The van der Waals surface area contributed by atoms with Gasteiger partial charge in [0.2, 0.25) is 0 Å². The van der Waals surface area contributed by atoms with Gasteiger partial charge in [0, 0.05) is 0 Å². The summed E-state index contributed by atoms with van der Waals surface area (Å²) in [5.74, 6) is 1.36. The van der Waals surface area contributed by atoms with Gasteiger partial charge in [0.05, 0.1) is 0 Å². The molecule has 1 saturated heterocycles. The fourth-order valence-corrected chi connectivity index (χ4v) is 20.5. The van der Waals surface area contributed by atoms with E-state index >= 15 is 0 Å². The number of rotatable bonds is 6.